The van der Waals surface area contributed by atoms with E-state index in [0.717, 1.165) is 15.4 Å². The third-order valence-electron chi connectivity index (χ3n) is 2.92. The quantitative estimate of drug-likeness (QED) is 0.506. The first kappa shape index (κ1) is 14.3. The first-order valence-electron chi connectivity index (χ1n) is 6.22. The second kappa shape index (κ2) is 5.92. The zero-order valence-corrected chi connectivity index (χ0v) is 12.3. The van der Waals surface area contributed by atoms with Gasteiger partial charge in [-0.15, -0.1) is 0 Å². The minimum Gasteiger partial charge on any atom is -0.398 e. The molecule has 0 radical (unpaired) electrons. The van der Waals surface area contributed by atoms with Crippen LogP contribution in [-0.2, 0) is 0 Å². The molecule has 0 aromatic heterocycles. The summed E-state index contributed by atoms with van der Waals surface area (Å²) in [7, 11) is 0. The molecule has 3 N–H and O–H groups in total. The van der Waals surface area contributed by atoms with E-state index in [9.17, 15) is 4.79 Å². The van der Waals surface area contributed by atoms with Crippen LogP contribution in [0.1, 0.15) is 29.8 Å². The topological polar surface area (TPSA) is 66.9 Å². The highest BCUT2D eigenvalue weighted by molar-refractivity contribution is 7.99. The van der Waals surface area contributed by atoms with Crippen LogP contribution in [0.4, 0.5) is 5.69 Å². The lowest BCUT2D eigenvalue weighted by Crippen LogP contribution is -1.99. The van der Waals surface area contributed by atoms with E-state index in [-0.39, 0.29) is 5.78 Å². The Bertz CT molecular complexity index is 680. The van der Waals surface area contributed by atoms with Crippen LogP contribution in [0.25, 0.3) is 0 Å². The summed E-state index contributed by atoms with van der Waals surface area (Å²) in [5.41, 5.74) is 8.44. The van der Waals surface area contributed by atoms with Gasteiger partial charge in [-0.05, 0) is 38.1 Å². The molecule has 2 aromatic rings. The van der Waals surface area contributed by atoms with Gasteiger partial charge in [0, 0.05) is 32.3 Å². The molecule has 20 heavy (non-hydrogen) atoms. The minimum absolute atomic E-state index is 0.0491. The highest BCUT2D eigenvalue weighted by Crippen LogP contribution is 2.32. The summed E-state index contributed by atoms with van der Waals surface area (Å²) in [4.78, 5) is 13.5. The molecule has 0 amide bonds. The number of anilines is 1. The van der Waals surface area contributed by atoms with Gasteiger partial charge < -0.3 is 11.1 Å². The Kier molecular flexibility index (Phi) is 4.25. The second-order valence-corrected chi connectivity index (χ2v) is 5.64. The molecular formula is C16H16N2OS. The molecule has 0 saturated heterocycles. The van der Waals surface area contributed by atoms with E-state index in [1.807, 2.05) is 42.5 Å². The van der Waals surface area contributed by atoms with Crippen LogP contribution >= 0.6 is 11.8 Å². The monoisotopic (exact) mass is 284 g/mol. The lowest BCUT2D eigenvalue weighted by molar-refractivity contribution is 0.101. The Morgan fingerprint density at radius 2 is 1.80 bits per heavy atom. The normalized spacial score (nSPS) is 10.3. The fourth-order valence-corrected chi connectivity index (χ4v) is 2.96. The van der Waals surface area contributed by atoms with Gasteiger partial charge in [-0.2, -0.15) is 0 Å². The van der Waals surface area contributed by atoms with Gasteiger partial charge in [0.15, 0.2) is 5.78 Å². The summed E-state index contributed by atoms with van der Waals surface area (Å²) in [6.45, 7) is 3.28. The first-order valence-corrected chi connectivity index (χ1v) is 7.03. The van der Waals surface area contributed by atoms with E-state index >= 15 is 0 Å². The van der Waals surface area contributed by atoms with E-state index in [4.69, 9.17) is 11.1 Å². The van der Waals surface area contributed by atoms with E-state index < -0.39 is 0 Å². The smallest absolute Gasteiger partial charge is 0.160 e. The van der Waals surface area contributed by atoms with Crippen molar-refractivity contribution in [2.45, 2.75) is 23.6 Å². The Morgan fingerprint density at radius 3 is 2.40 bits per heavy atom. The Balaban J connectivity index is 2.34. The maximum Gasteiger partial charge on any atom is 0.160 e. The maximum absolute atomic E-state index is 11.6. The van der Waals surface area contributed by atoms with Crippen molar-refractivity contribution < 1.29 is 4.79 Å². The highest BCUT2D eigenvalue weighted by atomic mass is 32.2. The van der Waals surface area contributed by atoms with Crippen molar-refractivity contribution in [3.8, 4) is 0 Å². The van der Waals surface area contributed by atoms with Crippen LogP contribution < -0.4 is 5.73 Å². The van der Waals surface area contributed by atoms with Gasteiger partial charge in [0.1, 0.15) is 0 Å². The maximum atomic E-state index is 11.6. The molecule has 3 nitrogen and oxygen atoms in total. The molecule has 0 fully saturated rings. The summed E-state index contributed by atoms with van der Waals surface area (Å²) in [5.74, 6) is 0.0491. The Hall–Kier alpha value is -2.07. The van der Waals surface area contributed by atoms with Crippen LogP contribution in [0.15, 0.2) is 52.3 Å². The lowest BCUT2D eigenvalue weighted by Gasteiger charge is -2.09. The summed E-state index contributed by atoms with van der Waals surface area (Å²) < 4.78 is 0. The van der Waals surface area contributed by atoms with Crippen LogP contribution in [-0.4, -0.2) is 11.5 Å². The average molecular weight is 284 g/mol. The predicted octanol–water partition coefficient (Wildman–Crippen LogP) is 4.01. The van der Waals surface area contributed by atoms with Gasteiger partial charge in [0.2, 0.25) is 0 Å². The molecular weight excluding hydrogens is 268 g/mol. The molecule has 4 heteroatoms. The Labute approximate surface area is 122 Å². The van der Waals surface area contributed by atoms with Crippen LogP contribution in [0.5, 0.6) is 0 Å². The fourth-order valence-electron chi connectivity index (χ4n) is 1.92. The zero-order valence-electron chi connectivity index (χ0n) is 11.4. The van der Waals surface area contributed by atoms with Gasteiger partial charge in [-0.1, -0.05) is 30.0 Å². The standard InChI is InChI=1S/C16H16N2OS/c1-10(17)13-8-7-12(9-15(13)18)20-16-6-4-3-5-14(16)11(2)19/h3-9,17H,18H2,1-2H3. The second-order valence-electron chi connectivity index (χ2n) is 4.53. The lowest BCUT2D eigenvalue weighted by atomic mass is 10.1. The number of rotatable bonds is 4. The number of carbonyl (C=O) groups excluding carboxylic acids is 1. The number of hydrogen-bond acceptors (Lipinski definition) is 4. The van der Waals surface area contributed by atoms with Gasteiger partial charge in [0.25, 0.3) is 0 Å². The largest absolute Gasteiger partial charge is 0.398 e. The van der Waals surface area contributed by atoms with Crippen molar-refractivity contribution in [2.24, 2.45) is 0 Å². The number of nitrogen functional groups attached to an aromatic ring is 1. The number of hydrogen-bond donors (Lipinski definition) is 2. The van der Waals surface area contributed by atoms with E-state index in [2.05, 4.69) is 0 Å². The molecule has 0 heterocycles. The number of nitrogens with two attached hydrogens (primary N) is 1. The van der Waals surface area contributed by atoms with Crippen LogP contribution in [0, 0.1) is 5.41 Å². The molecule has 2 rings (SSSR count). The van der Waals surface area contributed by atoms with Crippen molar-refractivity contribution in [2.75, 3.05) is 5.73 Å². The molecule has 0 bridgehead atoms. The van der Waals surface area contributed by atoms with E-state index in [0.29, 0.717) is 17.0 Å². The highest BCUT2D eigenvalue weighted by Gasteiger charge is 2.09. The van der Waals surface area contributed by atoms with Crippen LogP contribution in [0.2, 0.25) is 0 Å². The Morgan fingerprint density at radius 1 is 1.10 bits per heavy atom. The van der Waals surface area contributed by atoms with Crippen molar-refractivity contribution in [3.05, 3.63) is 53.6 Å². The zero-order chi connectivity index (χ0) is 14.7. The number of Topliss-reactive ketones (excluding diaryl/α,β-unsaturated/α-hetero) is 1. The van der Waals surface area contributed by atoms with Crippen molar-refractivity contribution in [1.29, 1.82) is 5.41 Å². The minimum atomic E-state index is 0.0491. The molecule has 0 aliphatic heterocycles. The summed E-state index contributed by atoms with van der Waals surface area (Å²) >= 11 is 1.51. The van der Waals surface area contributed by atoms with Gasteiger partial charge in [-0.25, -0.2) is 0 Å². The van der Waals surface area contributed by atoms with Crippen molar-refractivity contribution in [3.63, 3.8) is 0 Å². The molecule has 0 spiro atoms. The summed E-state index contributed by atoms with van der Waals surface area (Å²) in [5, 5.41) is 7.63. The number of nitrogens with one attached hydrogen (secondary N) is 1. The third kappa shape index (κ3) is 3.08. The van der Waals surface area contributed by atoms with Crippen molar-refractivity contribution >= 4 is 28.9 Å². The molecule has 0 aliphatic rings. The predicted molar refractivity (Wildman–Crippen MR) is 83.9 cm³/mol. The number of carbonyl (C=O) groups is 1. The molecule has 0 aliphatic carbocycles. The van der Waals surface area contributed by atoms with E-state index in [1.54, 1.807) is 13.8 Å². The molecule has 0 saturated carbocycles. The first-order chi connectivity index (χ1) is 9.49. The number of ketones is 1. The van der Waals surface area contributed by atoms with Gasteiger partial charge in [0.05, 0.1) is 0 Å². The van der Waals surface area contributed by atoms with E-state index in [1.165, 1.54) is 11.8 Å². The van der Waals surface area contributed by atoms with Gasteiger partial charge >= 0.3 is 0 Å². The van der Waals surface area contributed by atoms with Crippen LogP contribution in [0.3, 0.4) is 0 Å². The molecule has 2 aromatic carbocycles. The molecule has 0 unspecified atom stereocenters. The summed E-state index contributed by atoms with van der Waals surface area (Å²) in [6, 6.07) is 13.1. The van der Waals surface area contributed by atoms with Crippen molar-refractivity contribution in [1.82, 2.24) is 0 Å². The number of benzene rings is 2. The fraction of sp³-hybridized carbons (Fsp3) is 0.125. The molecule has 0 atom stereocenters. The summed E-state index contributed by atoms with van der Waals surface area (Å²) in [6.07, 6.45) is 0. The van der Waals surface area contributed by atoms with Gasteiger partial charge in [-0.3, -0.25) is 4.79 Å². The third-order valence-corrected chi connectivity index (χ3v) is 3.99. The molecule has 102 valence electrons. The SMILES string of the molecule is CC(=N)c1ccc(Sc2ccccc2C(C)=O)cc1N. The average Bonchev–Trinajstić information content (AvgIpc) is 2.38.